The monoisotopic (exact) mass is 339 g/mol. The summed E-state index contributed by atoms with van der Waals surface area (Å²) in [5, 5.41) is 0.658. The van der Waals surface area contributed by atoms with E-state index in [9.17, 15) is 0 Å². The highest BCUT2D eigenvalue weighted by molar-refractivity contribution is 9.10. The van der Waals surface area contributed by atoms with Crippen molar-refractivity contribution in [3.05, 3.63) is 62.8 Å². The van der Waals surface area contributed by atoms with Crippen LogP contribution < -0.4 is 11.3 Å². The summed E-state index contributed by atoms with van der Waals surface area (Å²) < 4.78 is 1.04. The summed E-state index contributed by atoms with van der Waals surface area (Å²) >= 11 is 9.71. The van der Waals surface area contributed by atoms with Crippen LogP contribution >= 0.6 is 27.5 Å². The minimum atomic E-state index is -0.00475. The highest BCUT2D eigenvalue weighted by Crippen LogP contribution is 2.28. The molecule has 5 heteroatoms. The number of nitrogens with zero attached hydrogens (tertiary/aromatic N) is 1. The summed E-state index contributed by atoms with van der Waals surface area (Å²) in [6.45, 7) is 2.05. The largest absolute Gasteiger partial charge is 0.271 e. The van der Waals surface area contributed by atoms with Gasteiger partial charge in [0.25, 0.3) is 0 Å². The van der Waals surface area contributed by atoms with Crippen LogP contribution in [-0.2, 0) is 6.42 Å². The Hall–Kier alpha value is -0.940. The van der Waals surface area contributed by atoms with Crippen molar-refractivity contribution in [2.24, 2.45) is 5.84 Å². The number of aromatic nitrogens is 1. The van der Waals surface area contributed by atoms with Crippen LogP contribution in [0.4, 0.5) is 0 Å². The molecule has 3 nitrogen and oxygen atoms in total. The summed E-state index contributed by atoms with van der Waals surface area (Å²) in [5.41, 5.74) is 6.18. The lowest BCUT2D eigenvalue weighted by Gasteiger charge is -2.19. The Balaban J connectivity index is 2.28. The van der Waals surface area contributed by atoms with Gasteiger partial charge < -0.3 is 0 Å². The fraction of sp³-hybridized carbons (Fsp3) is 0.214. The van der Waals surface area contributed by atoms with Crippen LogP contribution in [0.2, 0.25) is 5.02 Å². The van der Waals surface area contributed by atoms with Gasteiger partial charge in [0.1, 0.15) is 0 Å². The summed E-state index contributed by atoms with van der Waals surface area (Å²) in [6.07, 6.45) is 4.09. The molecule has 0 bridgehead atoms. The molecule has 0 spiro atoms. The average Bonchev–Trinajstić information content (AvgIpc) is 2.39. The van der Waals surface area contributed by atoms with E-state index in [1.54, 1.807) is 12.4 Å². The Labute approximate surface area is 126 Å². The minimum absolute atomic E-state index is 0.00475. The molecule has 0 amide bonds. The maximum Gasteiger partial charge on any atom is 0.0622 e. The van der Waals surface area contributed by atoms with Gasteiger partial charge in [-0.05, 0) is 42.2 Å². The van der Waals surface area contributed by atoms with Gasteiger partial charge in [-0.15, -0.1) is 0 Å². The lowest BCUT2D eigenvalue weighted by atomic mass is 9.99. The van der Waals surface area contributed by atoms with Gasteiger partial charge in [-0.2, -0.15) is 0 Å². The first-order valence-corrected chi connectivity index (χ1v) is 7.09. The van der Waals surface area contributed by atoms with Gasteiger partial charge in [0, 0.05) is 16.9 Å². The standard InChI is InChI=1S/C14H15BrClN3/c1-9-2-3-11(12(15)6-9)14(19-17)7-10-4-5-18-8-13(10)16/h2-6,8,14,19H,7,17H2,1H3. The zero-order valence-corrected chi connectivity index (χ0v) is 12.9. The van der Waals surface area contributed by atoms with Crippen LogP contribution in [0.15, 0.2) is 41.1 Å². The maximum atomic E-state index is 6.13. The molecule has 100 valence electrons. The Kier molecular flexibility index (Phi) is 4.93. The quantitative estimate of drug-likeness (QED) is 0.661. The van der Waals surface area contributed by atoms with Crippen LogP contribution in [0.5, 0.6) is 0 Å². The fourth-order valence-corrected chi connectivity index (χ4v) is 2.93. The molecule has 3 N–H and O–H groups in total. The highest BCUT2D eigenvalue weighted by Gasteiger charge is 2.15. The lowest BCUT2D eigenvalue weighted by molar-refractivity contribution is 0.550. The van der Waals surface area contributed by atoms with E-state index in [-0.39, 0.29) is 6.04 Å². The van der Waals surface area contributed by atoms with Gasteiger partial charge >= 0.3 is 0 Å². The number of hydrazine groups is 1. The first kappa shape index (κ1) is 14.5. The van der Waals surface area contributed by atoms with Gasteiger partial charge in [-0.3, -0.25) is 16.3 Å². The maximum absolute atomic E-state index is 6.13. The number of nitrogens with two attached hydrogens (primary N) is 1. The van der Waals surface area contributed by atoms with E-state index in [0.29, 0.717) is 11.4 Å². The van der Waals surface area contributed by atoms with Gasteiger partial charge in [0.15, 0.2) is 0 Å². The van der Waals surface area contributed by atoms with Gasteiger partial charge in [-0.25, -0.2) is 0 Å². The van der Waals surface area contributed by atoms with Crippen LogP contribution in [0, 0.1) is 6.92 Å². The number of aryl methyl sites for hydroxylation is 1. The molecular weight excluding hydrogens is 326 g/mol. The van der Waals surface area contributed by atoms with Crippen molar-refractivity contribution in [2.75, 3.05) is 0 Å². The number of nitrogens with one attached hydrogen (secondary N) is 1. The van der Waals surface area contributed by atoms with Gasteiger partial charge in [-0.1, -0.05) is 39.7 Å². The predicted molar refractivity (Wildman–Crippen MR) is 81.9 cm³/mol. The molecule has 1 aromatic heterocycles. The second kappa shape index (κ2) is 6.48. The van der Waals surface area contributed by atoms with E-state index >= 15 is 0 Å². The van der Waals surface area contributed by atoms with Crippen molar-refractivity contribution in [1.29, 1.82) is 0 Å². The Morgan fingerprint density at radius 3 is 2.84 bits per heavy atom. The molecule has 0 aliphatic carbocycles. The van der Waals surface area contributed by atoms with Crippen LogP contribution in [0.3, 0.4) is 0 Å². The summed E-state index contributed by atoms with van der Waals surface area (Å²) in [7, 11) is 0. The summed E-state index contributed by atoms with van der Waals surface area (Å²) in [5.74, 6) is 5.68. The molecule has 1 atom stereocenters. The van der Waals surface area contributed by atoms with Crippen LogP contribution in [0.25, 0.3) is 0 Å². The third-order valence-electron chi connectivity index (χ3n) is 3.01. The Morgan fingerprint density at radius 2 is 2.21 bits per heavy atom. The summed E-state index contributed by atoms with van der Waals surface area (Å²) in [4.78, 5) is 3.99. The molecule has 2 aromatic rings. The van der Waals surface area contributed by atoms with Crippen molar-refractivity contribution < 1.29 is 0 Å². The van der Waals surface area contributed by atoms with E-state index in [0.717, 1.165) is 15.6 Å². The molecule has 19 heavy (non-hydrogen) atoms. The average molecular weight is 341 g/mol. The molecule has 0 saturated heterocycles. The molecule has 0 saturated carbocycles. The van der Waals surface area contributed by atoms with E-state index in [1.807, 2.05) is 6.07 Å². The predicted octanol–water partition coefficient (Wildman–Crippen LogP) is 3.55. The zero-order chi connectivity index (χ0) is 13.8. The molecule has 1 unspecified atom stereocenters. The molecule has 2 rings (SSSR count). The van der Waals surface area contributed by atoms with E-state index in [2.05, 4.69) is 51.5 Å². The van der Waals surface area contributed by atoms with Crippen LogP contribution in [-0.4, -0.2) is 4.98 Å². The molecule has 0 aliphatic heterocycles. The normalized spacial score (nSPS) is 12.4. The number of halogens is 2. The number of pyridine rings is 1. The summed E-state index contributed by atoms with van der Waals surface area (Å²) in [6, 6.07) is 8.12. The Morgan fingerprint density at radius 1 is 1.42 bits per heavy atom. The van der Waals surface area contributed by atoms with Crippen molar-refractivity contribution in [3.8, 4) is 0 Å². The van der Waals surface area contributed by atoms with Gasteiger partial charge in [0.2, 0.25) is 0 Å². The van der Waals surface area contributed by atoms with Crippen LogP contribution in [0.1, 0.15) is 22.7 Å². The Bertz CT molecular complexity index is 574. The molecule has 0 aliphatic rings. The van der Waals surface area contributed by atoms with E-state index < -0.39 is 0 Å². The molecule has 1 heterocycles. The molecule has 0 radical (unpaired) electrons. The molecule has 0 fully saturated rings. The lowest BCUT2D eigenvalue weighted by Crippen LogP contribution is -2.30. The third kappa shape index (κ3) is 3.54. The third-order valence-corrected chi connectivity index (χ3v) is 4.04. The highest BCUT2D eigenvalue weighted by atomic mass is 79.9. The minimum Gasteiger partial charge on any atom is -0.271 e. The number of benzene rings is 1. The van der Waals surface area contributed by atoms with Crippen molar-refractivity contribution in [2.45, 2.75) is 19.4 Å². The number of hydrogen-bond donors (Lipinski definition) is 2. The first-order valence-electron chi connectivity index (χ1n) is 5.92. The zero-order valence-electron chi connectivity index (χ0n) is 10.5. The smallest absolute Gasteiger partial charge is 0.0622 e. The van der Waals surface area contributed by atoms with Crippen molar-refractivity contribution in [3.63, 3.8) is 0 Å². The van der Waals surface area contributed by atoms with Gasteiger partial charge in [0.05, 0.1) is 11.1 Å². The number of rotatable bonds is 4. The van der Waals surface area contributed by atoms with Crippen molar-refractivity contribution >= 4 is 27.5 Å². The fourth-order valence-electron chi connectivity index (χ4n) is 1.96. The SMILES string of the molecule is Cc1ccc(C(Cc2ccncc2Cl)NN)c(Br)c1. The first-order chi connectivity index (χ1) is 9.11. The molecule has 1 aromatic carbocycles. The number of hydrogen-bond acceptors (Lipinski definition) is 3. The van der Waals surface area contributed by atoms with E-state index in [1.165, 1.54) is 5.56 Å². The second-order valence-corrected chi connectivity index (χ2v) is 5.68. The van der Waals surface area contributed by atoms with Crippen molar-refractivity contribution in [1.82, 2.24) is 10.4 Å². The molecular formula is C14H15BrClN3. The topological polar surface area (TPSA) is 50.9 Å². The van der Waals surface area contributed by atoms with E-state index in [4.69, 9.17) is 17.4 Å². The second-order valence-electron chi connectivity index (χ2n) is 4.42.